The van der Waals surface area contributed by atoms with Gasteiger partial charge in [-0.05, 0) is 38.3 Å². The van der Waals surface area contributed by atoms with Gasteiger partial charge in [-0.15, -0.1) is 12.4 Å². The number of aromatic amines is 1. The molecule has 0 aromatic carbocycles. The van der Waals surface area contributed by atoms with E-state index in [1.807, 2.05) is 36.5 Å². The molecule has 132 valence electrons. The number of rotatable bonds is 3. The lowest BCUT2D eigenvalue weighted by Crippen LogP contribution is -2.34. The Kier molecular flexibility index (Phi) is 5.05. The molecule has 1 saturated heterocycles. The van der Waals surface area contributed by atoms with Gasteiger partial charge in [0.25, 0.3) is 5.91 Å². The van der Waals surface area contributed by atoms with E-state index >= 15 is 0 Å². The SMILES string of the molecule is Cc1nn(C)c(C)c1-c1cc(C(=O)N2CCC(C)(CN)C2)[nH]n1.Cl. The van der Waals surface area contributed by atoms with Crippen molar-refractivity contribution in [3.05, 3.63) is 23.1 Å². The zero-order chi connectivity index (χ0) is 16.8. The second-order valence-electron chi connectivity index (χ2n) is 6.83. The molecule has 0 aliphatic carbocycles. The fourth-order valence-electron chi connectivity index (χ4n) is 3.24. The van der Waals surface area contributed by atoms with Crippen molar-refractivity contribution in [3.8, 4) is 11.3 Å². The quantitative estimate of drug-likeness (QED) is 0.878. The molecule has 0 spiro atoms. The Morgan fingerprint density at radius 3 is 2.71 bits per heavy atom. The molecule has 1 aliphatic heterocycles. The van der Waals surface area contributed by atoms with Crippen molar-refractivity contribution in [2.75, 3.05) is 19.6 Å². The van der Waals surface area contributed by atoms with Crippen LogP contribution in [0.5, 0.6) is 0 Å². The zero-order valence-electron chi connectivity index (χ0n) is 14.6. The van der Waals surface area contributed by atoms with Crippen LogP contribution in [0.25, 0.3) is 11.3 Å². The Balaban J connectivity index is 0.00000208. The average Bonchev–Trinajstić information content (AvgIpc) is 3.19. The number of carbonyl (C=O) groups excluding carboxylic acids is 1. The van der Waals surface area contributed by atoms with Gasteiger partial charge in [-0.2, -0.15) is 10.2 Å². The minimum atomic E-state index is -0.0138. The molecule has 2 aromatic rings. The second kappa shape index (κ2) is 6.57. The van der Waals surface area contributed by atoms with E-state index in [4.69, 9.17) is 5.73 Å². The number of halogens is 1. The summed E-state index contributed by atoms with van der Waals surface area (Å²) in [6, 6.07) is 1.82. The molecule has 0 saturated carbocycles. The molecule has 7 nitrogen and oxygen atoms in total. The molecule has 1 atom stereocenters. The van der Waals surface area contributed by atoms with Crippen LogP contribution < -0.4 is 5.73 Å². The maximum absolute atomic E-state index is 12.7. The molecule has 3 heterocycles. The van der Waals surface area contributed by atoms with Crippen LogP contribution >= 0.6 is 12.4 Å². The molecular weight excluding hydrogens is 328 g/mol. The topological polar surface area (TPSA) is 92.8 Å². The first-order chi connectivity index (χ1) is 10.8. The van der Waals surface area contributed by atoms with Gasteiger partial charge in [0.1, 0.15) is 5.69 Å². The Bertz CT molecular complexity index is 752. The molecule has 2 aromatic heterocycles. The van der Waals surface area contributed by atoms with E-state index in [0.29, 0.717) is 18.8 Å². The van der Waals surface area contributed by atoms with Gasteiger partial charge in [0.2, 0.25) is 0 Å². The summed E-state index contributed by atoms with van der Waals surface area (Å²) in [6.07, 6.45) is 0.942. The largest absolute Gasteiger partial charge is 0.337 e. The van der Waals surface area contributed by atoms with E-state index in [0.717, 1.165) is 35.6 Å². The second-order valence-corrected chi connectivity index (χ2v) is 6.83. The third-order valence-corrected chi connectivity index (χ3v) is 4.91. The van der Waals surface area contributed by atoms with Crippen molar-refractivity contribution < 1.29 is 4.79 Å². The lowest BCUT2D eigenvalue weighted by atomic mass is 9.90. The van der Waals surface area contributed by atoms with Crippen LogP contribution in [-0.2, 0) is 7.05 Å². The molecule has 24 heavy (non-hydrogen) atoms. The number of carbonyl (C=O) groups is 1. The van der Waals surface area contributed by atoms with Crippen molar-refractivity contribution in [2.45, 2.75) is 27.2 Å². The Morgan fingerprint density at radius 2 is 2.17 bits per heavy atom. The summed E-state index contributed by atoms with van der Waals surface area (Å²) in [5, 5.41) is 11.6. The third-order valence-electron chi connectivity index (χ3n) is 4.91. The van der Waals surface area contributed by atoms with Crippen LogP contribution in [0.2, 0.25) is 0 Å². The molecule has 1 fully saturated rings. The summed E-state index contributed by atoms with van der Waals surface area (Å²) < 4.78 is 1.83. The number of likely N-dealkylation sites (tertiary alicyclic amines) is 1. The fourth-order valence-corrected chi connectivity index (χ4v) is 3.24. The first kappa shape index (κ1) is 18.5. The van der Waals surface area contributed by atoms with Gasteiger partial charge in [-0.3, -0.25) is 14.6 Å². The van der Waals surface area contributed by atoms with Crippen LogP contribution in [0.4, 0.5) is 0 Å². The molecule has 8 heteroatoms. The molecule has 3 N–H and O–H groups in total. The van der Waals surface area contributed by atoms with Crippen LogP contribution in [0, 0.1) is 19.3 Å². The normalized spacial score (nSPS) is 20.3. The molecule has 3 rings (SSSR count). The summed E-state index contributed by atoms with van der Waals surface area (Å²) in [4.78, 5) is 14.5. The van der Waals surface area contributed by atoms with Crippen LogP contribution in [0.15, 0.2) is 6.07 Å². The lowest BCUT2D eigenvalue weighted by molar-refractivity contribution is 0.0771. The minimum absolute atomic E-state index is 0. The van der Waals surface area contributed by atoms with Crippen molar-refractivity contribution in [1.82, 2.24) is 24.9 Å². The number of aryl methyl sites for hydroxylation is 2. The maximum atomic E-state index is 12.7. The third kappa shape index (κ3) is 3.06. The maximum Gasteiger partial charge on any atom is 0.271 e. The van der Waals surface area contributed by atoms with Gasteiger partial charge >= 0.3 is 0 Å². The Morgan fingerprint density at radius 1 is 1.46 bits per heavy atom. The first-order valence-electron chi connectivity index (χ1n) is 7.90. The van der Waals surface area contributed by atoms with E-state index in [2.05, 4.69) is 22.2 Å². The van der Waals surface area contributed by atoms with Gasteiger partial charge in [0, 0.05) is 31.4 Å². The van der Waals surface area contributed by atoms with Gasteiger partial charge in [0.05, 0.1) is 11.4 Å². The molecule has 1 aliphatic rings. The van der Waals surface area contributed by atoms with Crippen molar-refractivity contribution >= 4 is 18.3 Å². The Labute approximate surface area is 148 Å². The van der Waals surface area contributed by atoms with Crippen LogP contribution in [0.1, 0.15) is 35.2 Å². The Hall–Kier alpha value is -1.86. The van der Waals surface area contributed by atoms with Gasteiger partial charge < -0.3 is 10.6 Å². The number of amides is 1. The highest BCUT2D eigenvalue weighted by Crippen LogP contribution is 2.30. The molecule has 1 unspecified atom stereocenters. The van der Waals surface area contributed by atoms with Crippen molar-refractivity contribution in [2.24, 2.45) is 18.2 Å². The molecule has 0 radical (unpaired) electrons. The highest BCUT2D eigenvalue weighted by molar-refractivity contribution is 5.93. The van der Waals surface area contributed by atoms with E-state index in [9.17, 15) is 4.79 Å². The number of nitrogens with two attached hydrogens (primary N) is 1. The van der Waals surface area contributed by atoms with Crippen molar-refractivity contribution in [1.29, 1.82) is 0 Å². The number of hydrogen-bond donors (Lipinski definition) is 2. The van der Waals surface area contributed by atoms with E-state index in [-0.39, 0.29) is 23.7 Å². The first-order valence-corrected chi connectivity index (χ1v) is 7.90. The standard InChI is InChI=1S/C16H24N6O.ClH/c1-10-14(11(2)21(4)20-10)12-7-13(19-18-12)15(23)22-6-5-16(3,8-17)9-22;/h7H,5-6,8-9,17H2,1-4H3,(H,18,19);1H. The van der Waals surface area contributed by atoms with Crippen LogP contribution in [-0.4, -0.2) is 50.4 Å². The highest BCUT2D eigenvalue weighted by atomic mass is 35.5. The lowest BCUT2D eigenvalue weighted by Gasteiger charge is -2.22. The number of hydrogen-bond acceptors (Lipinski definition) is 4. The van der Waals surface area contributed by atoms with Crippen molar-refractivity contribution in [3.63, 3.8) is 0 Å². The fraction of sp³-hybridized carbons (Fsp3) is 0.562. The van der Waals surface area contributed by atoms with E-state index < -0.39 is 0 Å². The number of nitrogens with zero attached hydrogens (tertiary/aromatic N) is 4. The summed E-state index contributed by atoms with van der Waals surface area (Å²) in [5.41, 5.74) is 10.0. The average molecular weight is 353 g/mol. The van der Waals surface area contributed by atoms with Gasteiger partial charge in [-0.25, -0.2) is 0 Å². The molecule has 0 bridgehead atoms. The van der Waals surface area contributed by atoms with Gasteiger partial charge in [0.15, 0.2) is 0 Å². The summed E-state index contributed by atoms with van der Waals surface area (Å²) >= 11 is 0. The van der Waals surface area contributed by atoms with Crippen LogP contribution in [0.3, 0.4) is 0 Å². The smallest absolute Gasteiger partial charge is 0.271 e. The van der Waals surface area contributed by atoms with Gasteiger partial charge in [-0.1, -0.05) is 6.92 Å². The monoisotopic (exact) mass is 352 g/mol. The number of aromatic nitrogens is 4. The summed E-state index contributed by atoms with van der Waals surface area (Å²) in [5.74, 6) is -0.0138. The predicted molar refractivity (Wildman–Crippen MR) is 95.2 cm³/mol. The summed E-state index contributed by atoms with van der Waals surface area (Å²) in [7, 11) is 1.91. The van der Waals surface area contributed by atoms with E-state index in [1.54, 1.807) is 0 Å². The highest BCUT2D eigenvalue weighted by Gasteiger charge is 2.35. The zero-order valence-corrected chi connectivity index (χ0v) is 15.4. The molecule has 1 amide bonds. The molecular formula is C16H25ClN6O. The number of H-pyrrole nitrogens is 1. The summed E-state index contributed by atoms with van der Waals surface area (Å²) in [6.45, 7) is 8.11. The van der Waals surface area contributed by atoms with E-state index in [1.165, 1.54) is 0 Å². The number of nitrogens with one attached hydrogen (secondary N) is 1. The minimum Gasteiger partial charge on any atom is -0.337 e. The predicted octanol–water partition coefficient (Wildman–Crippen LogP) is 1.66.